The number of hydrogen-bond donors (Lipinski definition) is 2. The first-order valence-corrected chi connectivity index (χ1v) is 12.8. The summed E-state index contributed by atoms with van der Waals surface area (Å²) in [5.74, 6) is -0.694. The van der Waals surface area contributed by atoms with E-state index < -0.39 is 16.6 Å². The molecular weight excluding hydrogens is 476 g/mol. The number of amidine groups is 1. The third-order valence-electron chi connectivity index (χ3n) is 7.65. The van der Waals surface area contributed by atoms with E-state index in [2.05, 4.69) is 41.2 Å². The van der Waals surface area contributed by atoms with E-state index in [0.29, 0.717) is 6.61 Å². The Kier molecular flexibility index (Phi) is 7.75. The Bertz CT molecular complexity index is 1110. The summed E-state index contributed by atoms with van der Waals surface area (Å²) in [5, 5.41) is 14.9. The number of nitrogens with zero attached hydrogens (tertiary/aromatic N) is 4. The van der Waals surface area contributed by atoms with Crippen LogP contribution in [0.3, 0.4) is 0 Å². The van der Waals surface area contributed by atoms with Crippen molar-refractivity contribution in [1.82, 2.24) is 15.1 Å². The van der Waals surface area contributed by atoms with Crippen LogP contribution >= 0.6 is 0 Å². The van der Waals surface area contributed by atoms with Gasteiger partial charge in [-0.2, -0.15) is 0 Å². The van der Waals surface area contributed by atoms with Crippen LogP contribution in [0.15, 0.2) is 34.7 Å². The van der Waals surface area contributed by atoms with Gasteiger partial charge in [-0.15, -0.1) is 0 Å². The third kappa shape index (κ3) is 6.22. The maximum absolute atomic E-state index is 12.5. The minimum Gasteiger partial charge on any atom is -0.468 e. The Hall–Kier alpha value is -3.18. The molecule has 2 heterocycles. The first-order valence-electron chi connectivity index (χ1n) is 12.8. The molecule has 0 aromatic heterocycles. The van der Waals surface area contributed by atoms with Gasteiger partial charge in [-0.25, -0.2) is 4.99 Å². The Morgan fingerprint density at radius 1 is 1.30 bits per heavy atom. The number of aliphatic imine (C=N–C) groups is 1. The van der Waals surface area contributed by atoms with E-state index in [4.69, 9.17) is 15.2 Å². The van der Waals surface area contributed by atoms with Gasteiger partial charge in [0.15, 0.2) is 5.82 Å². The molecule has 202 valence electrons. The monoisotopic (exact) mass is 514 g/mol. The molecule has 11 heteroatoms. The van der Waals surface area contributed by atoms with Gasteiger partial charge in [-0.05, 0) is 69.3 Å². The molecule has 37 heavy (non-hydrogen) atoms. The van der Waals surface area contributed by atoms with Crippen LogP contribution in [-0.2, 0) is 27.4 Å². The lowest BCUT2D eigenvalue weighted by Gasteiger charge is -2.38. The topological polar surface area (TPSA) is 136 Å². The predicted octanol–water partition coefficient (Wildman–Crippen LogP) is 2.46. The van der Waals surface area contributed by atoms with Crippen molar-refractivity contribution in [2.45, 2.75) is 65.2 Å². The summed E-state index contributed by atoms with van der Waals surface area (Å²) in [7, 11) is 1.29. The predicted molar refractivity (Wildman–Crippen MR) is 139 cm³/mol. The lowest BCUT2D eigenvalue weighted by molar-refractivity contribution is -0.441. The van der Waals surface area contributed by atoms with Crippen LogP contribution in [-0.4, -0.2) is 65.7 Å². The van der Waals surface area contributed by atoms with E-state index in [9.17, 15) is 14.9 Å². The van der Waals surface area contributed by atoms with Gasteiger partial charge in [-0.1, -0.05) is 25.1 Å². The third-order valence-corrected chi connectivity index (χ3v) is 7.65. The zero-order chi connectivity index (χ0) is 26.8. The molecule has 0 amide bonds. The molecule has 4 rings (SSSR count). The maximum atomic E-state index is 12.5. The molecule has 1 saturated carbocycles. The van der Waals surface area contributed by atoms with Gasteiger partial charge in [0.25, 0.3) is 6.02 Å². The molecule has 3 aliphatic rings. The molecule has 1 unspecified atom stereocenters. The molecule has 0 bridgehead atoms. The van der Waals surface area contributed by atoms with Gasteiger partial charge in [0.2, 0.25) is 5.66 Å². The van der Waals surface area contributed by atoms with Crippen LogP contribution in [0.5, 0.6) is 0 Å². The highest BCUT2D eigenvalue weighted by molar-refractivity contribution is 5.78. The van der Waals surface area contributed by atoms with E-state index in [1.54, 1.807) is 11.8 Å². The summed E-state index contributed by atoms with van der Waals surface area (Å²) < 4.78 is 10.8. The number of rotatable bonds is 10. The summed E-state index contributed by atoms with van der Waals surface area (Å²) in [4.78, 5) is 32.8. The standard InChI is InChI=1S/C26H38N6O5/c1-18-7-8-19(13-20(18)15-30-11-5-6-12-30)14-31(16-21(33)36-4)26(3)22(32(34)35)23(27)28-24(29-26)37-17-25(2)9-10-25/h7-8,13H,5-6,9-12,14-17,27H2,1-4H3,(H,28,29). The molecule has 11 nitrogen and oxygen atoms in total. The van der Waals surface area contributed by atoms with Gasteiger partial charge in [-0.3, -0.25) is 30.0 Å². The number of methoxy groups -OCH3 is 1. The molecule has 2 fully saturated rings. The Labute approximate surface area is 217 Å². The van der Waals surface area contributed by atoms with Crippen molar-refractivity contribution < 1.29 is 19.2 Å². The van der Waals surface area contributed by atoms with Gasteiger partial charge in [0.1, 0.15) is 0 Å². The van der Waals surface area contributed by atoms with Crippen LogP contribution in [0.1, 0.15) is 56.2 Å². The van der Waals surface area contributed by atoms with E-state index in [0.717, 1.165) is 38.0 Å². The molecule has 1 aromatic rings. The highest BCUT2D eigenvalue weighted by Crippen LogP contribution is 2.45. The number of nitrogens with one attached hydrogen (secondary N) is 1. The van der Waals surface area contributed by atoms with Crippen molar-refractivity contribution in [3.63, 3.8) is 0 Å². The van der Waals surface area contributed by atoms with E-state index in [1.165, 1.54) is 31.1 Å². The number of esters is 1. The second-order valence-electron chi connectivity index (χ2n) is 10.9. The summed E-state index contributed by atoms with van der Waals surface area (Å²) in [6.45, 7) is 9.20. The Morgan fingerprint density at radius 2 is 2.00 bits per heavy atom. The molecule has 3 N–H and O–H groups in total. The first-order chi connectivity index (χ1) is 17.5. The fraction of sp³-hybridized carbons (Fsp3) is 0.615. The Morgan fingerprint density at radius 3 is 2.62 bits per heavy atom. The highest BCUT2D eigenvalue weighted by atomic mass is 16.6. The second kappa shape index (κ2) is 10.7. The zero-order valence-corrected chi connectivity index (χ0v) is 22.2. The summed E-state index contributed by atoms with van der Waals surface area (Å²) in [5.41, 5.74) is 7.59. The van der Waals surface area contributed by atoms with Crippen molar-refractivity contribution >= 4 is 12.0 Å². The van der Waals surface area contributed by atoms with Crippen LogP contribution in [0.2, 0.25) is 0 Å². The van der Waals surface area contributed by atoms with E-state index in [1.807, 2.05) is 6.07 Å². The molecule has 1 atom stereocenters. The molecular formula is C26H38N6O5. The summed E-state index contributed by atoms with van der Waals surface area (Å²) in [6, 6.07) is 6.24. The largest absolute Gasteiger partial charge is 0.468 e. The molecule has 1 aromatic carbocycles. The normalized spacial score (nSPS) is 23.0. The Balaban J connectivity index is 1.67. The van der Waals surface area contributed by atoms with Crippen molar-refractivity contribution in [3.8, 4) is 0 Å². The quantitative estimate of drug-likeness (QED) is 0.274. The number of aryl methyl sites for hydroxylation is 1. The highest BCUT2D eigenvalue weighted by Gasteiger charge is 2.50. The summed E-state index contributed by atoms with van der Waals surface area (Å²) in [6.07, 6.45) is 4.50. The SMILES string of the molecule is COC(=O)CN(Cc1ccc(C)c(CN2CCCC2)c1)C1(C)N=C(OCC2(C)CC2)NC(N)=C1[N+](=O)[O-]. The lowest BCUT2D eigenvalue weighted by atomic mass is 10.0. The van der Waals surface area contributed by atoms with Crippen molar-refractivity contribution in [3.05, 3.63) is 56.5 Å². The number of ether oxygens (including phenoxy) is 2. The minimum absolute atomic E-state index is 0.0712. The second-order valence-corrected chi connectivity index (χ2v) is 10.9. The number of likely N-dealkylation sites (tertiary alicyclic amines) is 1. The molecule has 1 saturated heterocycles. The number of nitrogens with two attached hydrogens (primary N) is 1. The van der Waals surface area contributed by atoms with Gasteiger partial charge in [0, 0.05) is 18.5 Å². The van der Waals surface area contributed by atoms with Crippen molar-refractivity contribution in [2.75, 3.05) is 33.4 Å². The van der Waals surface area contributed by atoms with Crippen molar-refractivity contribution in [1.29, 1.82) is 0 Å². The van der Waals surface area contributed by atoms with E-state index >= 15 is 0 Å². The number of nitro groups is 1. The average Bonchev–Trinajstić information content (AvgIpc) is 3.35. The van der Waals surface area contributed by atoms with E-state index in [-0.39, 0.29) is 36.0 Å². The van der Waals surface area contributed by atoms with Crippen molar-refractivity contribution in [2.24, 2.45) is 16.1 Å². The number of carbonyl (C=O) groups is 1. The average molecular weight is 515 g/mol. The van der Waals surface area contributed by atoms with Crippen LogP contribution < -0.4 is 11.1 Å². The van der Waals surface area contributed by atoms with Gasteiger partial charge < -0.3 is 15.2 Å². The molecule has 0 radical (unpaired) electrons. The van der Waals surface area contributed by atoms with Crippen LogP contribution in [0.4, 0.5) is 0 Å². The molecule has 0 spiro atoms. The minimum atomic E-state index is -1.58. The summed E-state index contributed by atoms with van der Waals surface area (Å²) >= 11 is 0. The fourth-order valence-corrected chi connectivity index (χ4v) is 4.85. The van der Waals surface area contributed by atoms with Gasteiger partial charge >= 0.3 is 11.7 Å². The van der Waals surface area contributed by atoms with Crippen LogP contribution in [0, 0.1) is 22.5 Å². The fourth-order valence-electron chi connectivity index (χ4n) is 4.85. The first kappa shape index (κ1) is 26.9. The number of hydrogen-bond acceptors (Lipinski definition) is 10. The smallest absolute Gasteiger partial charge is 0.327 e. The molecule has 2 aliphatic heterocycles. The zero-order valence-electron chi connectivity index (χ0n) is 22.2. The van der Waals surface area contributed by atoms with Gasteiger partial charge in [0.05, 0.1) is 25.2 Å². The van der Waals surface area contributed by atoms with Crippen LogP contribution in [0.25, 0.3) is 0 Å². The lowest BCUT2D eigenvalue weighted by Crippen LogP contribution is -2.56. The number of benzene rings is 1. The maximum Gasteiger partial charge on any atom is 0.327 e. The molecule has 1 aliphatic carbocycles. The number of carbonyl (C=O) groups excluding carboxylic acids is 1.